The first-order valence-corrected chi connectivity index (χ1v) is 7.26. The van der Waals surface area contributed by atoms with E-state index >= 15 is 0 Å². The number of hydrogen-bond donors (Lipinski definition) is 2. The average Bonchev–Trinajstić information content (AvgIpc) is 3.06. The van der Waals surface area contributed by atoms with Crippen LogP contribution in [0.15, 0.2) is 24.3 Å². The highest BCUT2D eigenvalue weighted by atomic mass is 16.4. The molecule has 0 radical (unpaired) electrons. The highest BCUT2D eigenvalue weighted by Gasteiger charge is 2.35. The summed E-state index contributed by atoms with van der Waals surface area (Å²) < 4.78 is 0. The van der Waals surface area contributed by atoms with Crippen molar-refractivity contribution in [2.24, 2.45) is 11.8 Å². The minimum Gasteiger partial charge on any atom is -0.481 e. The topological polar surface area (TPSA) is 66.4 Å². The van der Waals surface area contributed by atoms with Crippen LogP contribution in [0.3, 0.4) is 0 Å². The van der Waals surface area contributed by atoms with Gasteiger partial charge in [0.1, 0.15) is 0 Å². The largest absolute Gasteiger partial charge is 0.481 e. The van der Waals surface area contributed by atoms with Crippen LogP contribution in [0.1, 0.15) is 42.9 Å². The Bertz CT molecular complexity index is 540. The molecule has 2 aliphatic rings. The Balaban J connectivity index is 1.62. The van der Waals surface area contributed by atoms with Gasteiger partial charge in [-0.2, -0.15) is 0 Å². The van der Waals surface area contributed by atoms with Crippen LogP contribution in [0.2, 0.25) is 0 Å². The zero-order valence-corrected chi connectivity index (χ0v) is 11.3. The van der Waals surface area contributed by atoms with Gasteiger partial charge in [-0.05, 0) is 43.2 Å². The summed E-state index contributed by atoms with van der Waals surface area (Å²) in [5.41, 5.74) is 2.53. The summed E-state index contributed by atoms with van der Waals surface area (Å²) >= 11 is 0. The molecule has 0 aromatic heterocycles. The predicted molar refractivity (Wildman–Crippen MR) is 74.1 cm³/mol. The Morgan fingerprint density at radius 1 is 1.10 bits per heavy atom. The van der Waals surface area contributed by atoms with Gasteiger partial charge in [-0.15, -0.1) is 0 Å². The van der Waals surface area contributed by atoms with Crippen LogP contribution >= 0.6 is 0 Å². The van der Waals surface area contributed by atoms with Gasteiger partial charge in [0.15, 0.2) is 0 Å². The zero-order valence-electron chi connectivity index (χ0n) is 11.3. The Hall–Kier alpha value is -1.84. The van der Waals surface area contributed by atoms with Gasteiger partial charge in [-0.1, -0.05) is 24.3 Å². The maximum absolute atomic E-state index is 12.3. The number of hydrogen-bond acceptors (Lipinski definition) is 2. The van der Waals surface area contributed by atoms with Crippen LogP contribution in [0.25, 0.3) is 0 Å². The first kappa shape index (κ1) is 13.2. The van der Waals surface area contributed by atoms with Gasteiger partial charge < -0.3 is 10.4 Å². The van der Waals surface area contributed by atoms with E-state index in [2.05, 4.69) is 17.4 Å². The number of carbonyl (C=O) groups excluding carboxylic acids is 1. The van der Waals surface area contributed by atoms with Crippen molar-refractivity contribution in [3.63, 3.8) is 0 Å². The molecule has 0 spiro atoms. The number of nitrogens with one attached hydrogen (secondary N) is 1. The van der Waals surface area contributed by atoms with E-state index in [1.54, 1.807) is 0 Å². The minimum absolute atomic E-state index is 0.0236. The minimum atomic E-state index is -0.772. The van der Waals surface area contributed by atoms with Crippen molar-refractivity contribution in [1.29, 1.82) is 0 Å². The normalized spacial score (nSPS) is 28.1. The predicted octanol–water partition coefficient (Wildman–Crippen LogP) is 2.29. The van der Waals surface area contributed by atoms with Crippen molar-refractivity contribution in [2.45, 2.75) is 38.1 Å². The van der Waals surface area contributed by atoms with Gasteiger partial charge in [0.2, 0.25) is 5.91 Å². The highest BCUT2D eigenvalue weighted by molar-refractivity contribution is 5.81. The summed E-state index contributed by atoms with van der Waals surface area (Å²) in [6, 6.07) is 8.30. The second-order valence-corrected chi connectivity index (χ2v) is 5.84. The van der Waals surface area contributed by atoms with Gasteiger partial charge in [-0.3, -0.25) is 9.59 Å². The molecule has 106 valence electrons. The summed E-state index contributed by atoms with van der Waals surface area (Å²) in [6.07, 6.45) is 3.74. The second-order valence-electron chi connectivity index (χ2n) is 5.84. The maximum Gasteiger partial charge on any atom is 0.306 e. The molecule has 1 saturated carbocycles. The molecule has 3 atom stereocenters. The lowest BCUT2D eigenvalue weighted by Crippen LogP contribution is -2.32. The first-order valence-electron chi connectivity index (χ1n) is 7.26. The highest BCUT2D eigenvalue weighted by Crippen LogP contribution is 2.34. The van der Waals surface area contributed by atoms with Gasteiger partial charge in [0.05, 0.1) is 12.0 Å². The molecule has 0 bridgehead atoms. The molecule has 1 amide bonds. The molecule has 1 fully saturated rings. The summed E-state index contributed by atoms with van der Waals surface area (Å²) in [4.78, 5) is 23.2. The molecule has 2 N–H and O–H groups in total. The Kier molecular flexibility index (Phi) is 3.47. The van der Waals surface area contributed by atoms with E-state index in [0.29, 0.717) is 19.3 Å². The van der Waals surface area contributed by atoms with Crippen molar-refractivity contribution in [3.05, 3.63) is 35.4 Å². The van der Waals surface area contributed by atoms with Crippen molar-refractivity contribution < 1.29 is 14.7 Å². The van der Waals surface area contributed by atoms with E-state index in [-0.39, 0.29) is 23.8 Å². The van der Waals surface area contributed by atoms with E-state index in [4.69, 9.17) is 5.11 Å². The molecule has 1 aromatic carbocycles. The number of aliphatic carboxylic acids is 1. The Morgan fingerprint density at radius 2 is 1.85 bits per heavy atom. The van der Waals surface area contributed by atoms with E-state index in [1.807, 2.05) is 12.1 Å². The smallest absolute Gasteiger partial charge is 0.306 e. The van der Waals surface area contributed by atoms with Crippen LogP contribution in [0.5, 0.6) is 0 Å². The molecule has 1 aromatic rings. The van der Waals surface area contributed by atoms with Crippen molar-refractivity contribution in [2.75, 3.05) is 0 Å². The number of benzene rings is 1. The third-order valence-corrected chi connectivity index (χ3v) is 4.60. The molecule has 20 heavy (non-hydrogen) atoms. The zero-order chi connectivity index (χ0) is 14.1. The van der Waals surface area contributed by atoms with Crippen molar-refractivity contribution >= 4 is 11.9 Å². The number of amides is 1. The Labute approximate surface area is 118 Å². The molecular weight excluding hydrogens is 254 g/mol. The lowest BCUT2D eigenvalue weighted by molar-refractivity contribution is -0.141. The fourth-order valence-electron chi connectivity index (χ4n) is 3.44. The number of carboxylic acid groups (broad SMARTS) is 1. The SMILES string of the molecule is O=C(O)C1CCC(C(=O)NC2CCc3ccccc32)C1. The Morgan fingerprint density at radius 3 is 2.60 bits per heavy atom. The molecule has 3 rings (SSSR count). The summed E-state index contributed by atoms with van der Waals surface area (Å²) in [7, 11) is 0. The van der Waals surface area contributed by atoms with E-state index in [0.717, 1.165) is 12.8 Å². The van der Waals surface area contributed by atoms with Gasteiger partial charge in [0, 0.05) is 5.92 Å². The fourth-order valence-corrected chi connectivity index (χ4v) is 3.44. The molecule has 2 aliphatic carbocycles. The quantitative estimate of drug-likeness (QED) is 0.888. The van der Waals surface area contributed by atoms with Crippen LogP contribution in [-0.4, -0.2) is 17.0 Å². The fraction of sp³-hybridized carbons (Fsp3) is 0.500. The van der Waals surface area contributed by atoms with Crippen molar-refractivity contribution in [1.82, 2.24) is 5.32 Å². The van der Waals surface area contributed by atoms with E-state index in [9.17, 15) is 9.59 Å². The molecular formula is C16H19NO3. The molecule has 3 unspecified atom stereocenters. The average molecular weight is 273 g/mol. The van der Waals surface area contributed by atoms with Crippen LogP contribution < -0.4 is 5.32 Å². The van der Waals surface area contributed by atoms with Gasteiger partial charge in [-0.25, -0.2) is 0 Å². The molecule has 4 heteroatoms. The first-order chi connectivity index (χ1) is 9.65. The van der Waals surface area contributed by atoms with Crippen molar-refractivity contribution in [3.8, 4) is 0 Å². The molecule has 0 aliphatic heterocycles. The maximum atomic E-state index is 12.3. The standard InChI is InChI=1S/C16H19NO3/c18-15(11-5-6-12(9-11)16(19)20)17-14-8-7-10-3-1-2-4-13(10)14/h1-4,11-12,14H,5-9H2,(H,17,18)(H,19,20). The monoisotopic (exact) mass is 273 g/mol. The third kappa shape index (κ3) is 2.42. The molecule has 4 nitrogen and oxygen atoms in total. The lowest BCUT2D eigenvalue weighted by atomic mass is 10.0. The number of aryl methyl sites for hydroxylation is 1. The summed E-state index contributed by atoms with van der Waals surface area (Å²) in [6.45, 7) is 0. The lowest BCUT2D eigenvalue weighted by Gasteiger charge is -2.17. The third-order valence-electron chi connectivity index (χ3n) is 4.60. The van der Waals surface area contributed by atoms with Crippen LogP contribution in [0.4, 0.5) is 0 Å². The summed E-state index contributed by atoms with van der Waals surface area (Å²) in [5, 5.41) is 12.1. The van der Waals surface area contributed by atoms with Gasteiger partial charge in [0.25, 0.3) is 0 Å². The van der Waals surface area contributed by atoms with E-state index in [1.165, 1.54) is 11.1 Å². The molecule has 0 heterocycles. The number of carbonyl (C=O) groups is 2. The number of fused-ring (bicyclic) bond motifs is 1. The van der Waals surface area contributed by atoms with E-state index < -0.39 is 5.97 Å². The van der Waals surface area contributed by atoms with Gasteiger partial charge >= 0.3 is 5.97 Å². The van der Waals surface area contributed by atoms with Crippen LogP contribution in [-0.2, 0) is 16.0 Å². The molecule has 0 saturated heterocycles. The second kappa shape index (κ2) is 5.27. The number of carboxylic acids is 1. The summed E-state index contributed by atoms with van der Waals surface area (Å²) in [5.74, 6) is -1.23. The van der Waals surface area contributed by atoms with Crippen LogP contribution in [0, 0.1) is 11.8 Å². The number of rotatable bonds is 3.